The fourth-order valence-corrected chi connectivity index (χ4v) is 13.1. The number of H-pyrrole nitrogens is 12. The molecule has 0 saturated heterocycles. The number of rotatable bonds is 30. The van der Waals surface area contributed by atoms with Crippen LogP contribution in [-0.4, -0.2) is 254 Å². The number of aromatic nitrogens is 30. The molecular formula is C87H132N48. The maximum atomic E-state index is 5.47. The van der Waals surface area contributed by atoms with E-state index in [9.17, 15) is 0 Å². The second-order valence-corrected chi connectivity index (χ2v) is 33.2. The monoisotopic (exact) mass is 1850 g/mol. The number of hydrogen-bond acceptors (Lipinski definition) is 36. The Kier molecular flexibility index (Phi) is 37.2. The molecule has 18 rings (SSSR count). The smallest absolute Gasteiger partial charge is 0.246 e. The molecule has 0 bridgehead atoms. The third kappa shape index (κ3) is 33.1. The van der Waals surface area contributed by atoms with Crippen LogP contribution in [0.2, 0.25) is 0 Å². The van der Waals surface area contributed by atoms with Crippen LogP contribution in [-0.2, 0) is 19.6 Å². The van der Waals surface area contributed by atoms with E-state index in [0.717, 1.165) is 90.9 Å². The molecule has 12 heterocycles. The quantitative estimate of drug-likeness (QED) is 0.0199. The first-order valence-electron chi connectivity index (χ1n) is 43.6. The molecule has 0 radical (unpaired) electrons. The van der Waals surface area contributed by atoms with Crippen molar-refractivity contribution in [2.45, 2.75) is 120 Å². The van der Waals surface area contributed by atoms with Crippen molar-refractivity contribution in [3.63, 3.8) is 0 Å². The fraction of sp³-hybridized carbons (Fsp3) is 0.379. The third-order valence-corrected chi connectivity index (χ3v) is 21.0. The predicted molar refractivity (Wildman–Crippen MR) is 539 cm³/mol. The first kappa shape index (κ1) is 101. The van der Waals surface area contributed by atoms with Gasteiger partial charge >= 0.3 is 0 Å². The van der Waals surface area contributed by atoms with Crippen molar-refractivity contribution in [3.05, 3.63) is 210 Å². The molecule has 12 aromatic heterocycles. The van der Waals surface area contributed by atoms with E-state index in [2.05, 4.69) is 312 Å². The molecule has 0 amide bonds. The van der Waals surface area contributed by atoms with Gasteiger partial charge in [0, 0.05) is 160 Å². The number of likely N-dealkylation sites (N-methyl/N-ethyl adjacent to an activating group) is 2. The van der Waals surface area contributed by atoms with Crippen LogP contribution in [0.3, 0.4) is 0 Å². The zero-order chi connectivity index (χ0) is 97.0. The number of nitrogen functional groups attached to an aromatic ring is 6. The van der Waals surface area contributed by atoms with E-state index in [1.807, 2.05) is 137 Å². The van der Waals surface area contributed by atoms with Crippen molar-refractivity contribution in [2.24, 2.45) is 0 Å². The zero-order valence-electron chi connectivity index (χ0n) is 80.2. The molecule has 0 spiro atoms. The van der Waals surface area contributed by atoms with E-state index in [0.29, 0.717) is 114 Å². The van der Waals surface area contributed by atoms with Gasteiger partial charge in [-0.15, -0.1) is 45.9 Å². The number of aromatic amines is 12. The molecule has 48 heteroatoms. The highest BCUT2D eigenvalue weighted by Crippen LogP contribution is 2.26. The summed E-state index contributed by atoms with van der Waals surface area (Å²) in [6, 6.07) is 0. The summed E-state index contributed by atoms with van der Waals surface area (Å²) in [5.74, 6) is 9.66. The van der Waals surface area contributed by atoms with Gasteiger partial charge in [-0.05, 0) is 168 Å². The summed E-state index contributed by atoms with van der Waals surface area (Å²) in [7, 11) is 17.3. The molecule has 6 aliphatic rings. The number of anilines is 18. The van der Waals surface area contributed by atoms with E-state index in [1.165, 1.54) is 100 Å². The van der Waals surface area contributed by atoms with Crippen LogP contribution in [0.25, 0.3) is 0 Å². The number of nitrogens with one attached hydrogen (secondary N) is 18. The summed E-state index contributed by atoms with van der Waals surface area (Å²) < 4.78 is 0. The van der Waals surface area contributed by atoms with Crippen molar-refractivity contribution in [1.82, 2.24) is 152 Å². The van der Waals surface area contributed by atoms with Gasteiger partial charge < -0.3 is 111 Å². The Labute approximate surface area is 784 Å². The van der Waals surface area contributed by atoms with Gasteiger partial charge in [0.1, 0.15) is 0 Å². The lowest BCUT2D eigenvalue weighted by molar-refractivity contribution is 0.867. The molecule has 0 fully saturated rings. The average Bonchev–Trinajstić information content (AvgIpc) is 1.77. The van der Waals surface area contributed by atoms with Crippen molar-refractivity contribution < 1.29 is 0 Å². The summed E-state index contributed by atoms with van der Waals surface area (Å²) in [6.07, 6.45) is 44.3. The van der Waals surface area contributed by atoms with Crippen molar-refractivity contribution in [1.29, 1.82) is 0 Å². The highest BCUT2D eigenvalue weighted by Gasteiger charge is 2.17. The van der Waals surface area contributed by atoms with Crippen molar-refractivity contribution in [3.8, 4) is 0 Å². The Bertz CT molecular complexity index is 6080. The number of nitrogens with zero attached hydrogens (tertiary/aromatic N) is 24. The van der Waals surface area contributed by atoms with Crippen LogP contribution in [0.4, 0.5) is 107 Å². The van der Waals surface area contributed by atoms with E-state index in [4.69, 9.17) is 34.4 Å². The minimum atomic E-state index is 0.318. The van der Waals surface area contributed by atoms with Gasteiger partial charge in [-0.1, -0.05) is 106 Å². The number of allylic oxidation sites excluding steroid dienone is 12. The minimum absolute atomic E-state index is 0.318. The highest BCUT2D eigenvalue weighted by molar-refractivity contribution is 5.48. The first-order valence-corrected chi connectivity index (χ1v) is 43.6. The molecule has 6 aliphatic carbocycles. The molecule has 0 unspecified atom stereocenters. The summed E-state index contributed by atoms with van der Waals surface area (Å²) in [5, 5.41) is 78.8. The molecular weight excluding hydrogens is 1720 g/mol. The van der Waals surface area contributed by atoms with Gasteiger partial charge in [0.05, 0.1) is 0 Å². The standard InChI is InChI=1S/2C11H17N5.C10H16N6.2C10H15N5.C9H14N6.2C9H13N5.C8H12N6/c1-8-4-5-9(6-8)7-12-10-13-11(15-14-10)16(2)3;1-8-5-4-6-9(8)7-12-10-13-11(15-14-10)16(2)3;1-7-4-11-5-8(7)6-12-9-13-10(15-14-9)16(2)3;1-7-3-4-8(5-7)6-15(2)10-12-9(11)13-14-10;1-7-4-3-5-8(7)6-15(2)10-12-9(11)13-14-10;1-6-3-11-4-7(6)5-15(2)9-12-8(10)13-14-9;1-6-2-3-7(4-6)5-11-9-12-8(10)13-14-9;1-6-3-2-4-7(6)5-11-9-12-8(10)13-14-9;1-5-2-10-3-6(5)4-11-8-12-7(9)13-14-8/h5-6H,4,7H2,1-3H3,(H2,12,13,14,15);4,6H,5,7H2,1-3H3,(H2,12,13,14,15);4-5,11H,6H2,1-3H3,(H2,12,13,14,15);4-5H,3,6H2,1-2H3,(H3,11,12,13,14);3,5H,4,6H2,1-2H3,(H3,11,12,13,14);3-4,11H,5H2,1-2H3,(H3,10,12,13,14);3-4H,2,5H2,1H3,(H4,10,11,12,13,14);2,4H,3,5H2,1H3,(H4,10,11,12,13,14);2-3,10H,4H2,1H3,(H4,9,11,12,13,14). The molecule has 0 saturated carbocycles. The molecule has 30 N–H and O–H groups in total. The Hall–Kier alpha value is -16.6. The average molecular weight is 1850 g/mol. The zero-order valence-corrected chi connectivity index (χ0v) is 80.2. The lowest BCUT2D eigenvalue weighted by atomic mass is 10.2. The van der Waals surface area contributed by atoms with Crippen LogP contribution >= 0.6 is 0 Å². The summed E-state index contributed by atoms with van der Waals surface area (Å²) in [4.78, 5) is 57.5. The molecule has 12 aromatic rings. The van der Waals surface area contributed by atoms with Gasteiger partial charge in [-0.3, -0.25) is 0 Å². The van der Waals surface area contributed by atoms with Crippen LogP contribution < -0.4 is 95.7 Å². The van der Waals surface area contributed by atoms with Crippen LogP contribution in [0.1, 0.15) is 113 Å². The topological polar surface area (TPSA) is 669 Å². The molecule has 0 atom stereocenters. The molecule has 135 heavy (non-hydrogen) atoms. The molecule has 0 aliphatic heterocycles. The lowest BCUT2D eigenvalue weighted by Gasteiger charge is -2.15. The van der Waals surface area contributed by atoms with E-state index in [-0.39, 0.29) is 0 Å². The van der Waals surface area contributed by atoms with Gasteiger partial charge in [0.15, 0.2) is 0 Å². The Morgan fingerprint density at radius 3 is 0.896 bits per heavy atom. The minimum Gasteiger partial charge on any atom is -0.368 e. The number of nitrogens with two attached hydrogens (primary N) is 6. The van der Waals surface area contributed by atoms with Crippen molar-refractivity contribution in [2.75, 3.05) is 198 Å². The van der Waals surface area contributed by atoms with E-state index < -0.39 is 0 Å². The Balaban J connectivity index is 0.000000157. The van der Waals surface area contributed by atoms with E-state index in [1.54, 1.807) is 0 Å². The predicted octanol–water partition coefficient (Wildman–Crippen LogP) is 9.88. The normalized spacial score (nSPS) is 13.5. The molecule has 720 valence electrons. The largest absolute Gasteiger partial charge is 0.368 e. The maximum absolute atomic E-state index is 5.47. The second-order valence-electron chi connectivity index (χ2n) is 33.2. The summed E-state index contributed by atoms with van der Waals surface area (Å²) >= 11 is 0. The van der Waals surface area contributed by atoms with Gasteiger partial charge in [0.2, 0.25) is 107 Å². The van der Waals surface area contributed by atoms with Gasteiger partial charge in [-0.25, -0.2) is 45.9 Å². The SMILES string of the molecule is CC1=C(CN(C)c2n[nH]c(N)n2)C=CC1.CC1=C(CNc2n[nH]c(N)n2)C=CC1.CC1=C(CNc2nc(N(C)C)n[nH]2)C=CC1.CC1=CC(CN(C)c2n[nH]c(N)n2)=CC1.CC1=CC(CNc2n[nH]c(N)n2)=CC1.CC1=CC(CNc2nc(N(C)C)n[nH]2)=CC1.Cc1c[nH]cc1CN(C)c1n[nH]c(N)n1.Cc1c[nH]cc1CNc1n[nH]c(N)n1.Cc1c[nH]cc1CNc1nc(N(C)C)n[nH]1. The maximum Gasteiger partial charge on any atom is 0.246 e. The summed E-state index contributed by atoms with van der Waals surface area (Å²) in [6.45, 7) is 25.9. The first-order chi connectivity index (χ1) is 64.7. The Morgan fingerprint density at radius 1 is 0.281 bits per heavy atom. The van der Waals surface area contributed by atoms with Crippen molar-refractivity contribution >= 4 is 107 Å². The lowest BCUT2D eigenvalue weighted by Crippen LogP contribution is -2.21. The second kappa shape index (κ2) is 50.0. The third-order valence-electron chi connectivity index (χ3n) is 21.0. The van der Waals surface area contributed by atoms with Gasteiger partial charge in [-0.2, -0.15) is 44.9 Å². The van der Waals surface area contributed by atoms with Crippen LogP contribution in [0, 0.1) is 20.8 Å². The van der Waals surface area contributed by atoms with E-state index >= 15 is 0 Å². The summed E-state index contributed by atoms with van der Waals surface area (Å²) in [5.41, 5.74) is 56.1. The highest BCUT2D eigenvalue weighted by atomic mass is 15.4. The Morgan fingerprint density at radius 2 is 0.578 bits per heavy atom. The molecule has 48 nitrogen and oxygen atoms in total. The van der Waals surface area contributed by atoms with Gasteiger partial charge in [0.25, 0.3) is 0 Å². The molecule has 0 aromatic carbocycles. The van der Waals surface area contributed by atoms with Crippen LogP contribution in [0.5, 0.6) is 0 Å². The number of hydrogen-bond donors (Lipinski definition) is 24. The fourth-order valence-electron chi connectivity index (χ4n) is 13.1. The number of aryl methyl sites for hydroxylation is 3. The van der Waals surface area contributed by atoms with Crippen LogP contribution in [0.15, 0.2) is 177 Å².